The molecule has 4 heterocycles. The zero-order chi connectivity index (χ0) is 23.7. The molecule has 0 aliphatic carbocycles. The second-order valence-corrected chi connectivity index (χ2v) is 8.56. The van der Waals surface area contributed by atoms with Crippen LogP contribution in [0.15, 0.2) is 48.8 Å². The number of methoxy groups -OCH3 is 1. The molecule has 2 aromatic heterocycles. The van der Waals surface area contributed by atoms with Crippen LogP contribution in [-0.2, 0) is 12.8 Å². The fraction of sp³-hybridized carbons (Fsp3) is 0.308. The van der Waals surface area contributed by atoms with Crippen LogP contribution in [0.2, 0.25) is 0 Å². The predicted molar refractivity (Wildman–Crippen MR) is 125 cm³/mol. The van der Waals surface area contributed by atoms with Gasteiger partial charge in [0.15, 0.2) is 11.6 Å². The van der Waals surface area contributed by atoms with Crippen molar-refractivity contribution in [3.8, 4) is 5.75 Å². The first-order valence-corrected chi connectivity index (χ1v) is 11.4. The summed E-state index contributed by atoms with van der Waals surface area (Å²) in [4.78, 5) is 37.5. The van der Waals surface area contributed by atoms with E-state index in [0.717, 1.165) is 42.6 Å². The molecule has 0 unspecified atom stereocenters. The van der Waals surface area contributed by atoms with Gasteiger partial charge in [-0.1, -0.05) is 6.07 Å². The number of hydrogen-bond donors (Lipinski definition) is 0. The van der Waals surface area contributed by atoms with E-state index >= 15 is 0 Å². The lowest BCUT2D eigenvalue weighted by Gasteiger charge is -2.29. The van der Waals surface area contributed by atoms with E-state index < -0.39 is 5.82 Å². The van der Waals surface area contributed by atoms with Crippen LogP contribution >= 0.6 is 0 Å². The standard InChI is InChI=1S/C26H25FN4O3/c1-34-23-15-18-8-12-31(24-21(27)5-4-9-28-24)25(32)20(18)14-19(23)13-17-6-7-22(29-16-17)26(33)30-10-2-3-11-30/h4-7,9,14-16H,2-3,8,10-13H2,1H3. The largest absolute Gasteiger partial charge is 0.496 e. The smallest absolute Gasteiger partial charge is 0.272 e. The van der Waals surface area contributed by atoms with Crippen molar-refractivity contribution in [1.82, 2.24) is 14.9 Å². The molecule has 0 bridgehead atoms. The Balaban J connectivity index is 1.40. The van der Waals surface area contributed by atoms with Crippen molar-refractivity contribution < 1.29 is 18.7 Å². The molecular weight excluding hydrogens is 435 g/mol. The summed E-state index contributed by atoms with van der Waals surface area (Å²) in [6.07, 6.45) is 6.29. The van der Waals surface area contributed by atoms with Crippen molar-refractivity contribution in [3.63, 3.8) is 0 Å². The maximum atomic E-state index is 14.3. The third-order valence-electron chi connectivity index (χ3n) is 6.41. The fourth-order valence-corrected chi connectivity index (χ4v) is 4.62. The van der Waals surface area contributed by atoms with Crippen LogP contribution in [0.5, 0.6) is 5.75 Å². The summed E-state index contributed by atoms with van der Waals surface area (Å²) in [7, 11) is 1.60. The maximum absolute atomic E-state index is 14.3. The molecule has 7 nitrogen and oxygen atoms in total. The summed E-state index contributed by atoms with van der Waals surface area (Å²) in [5.41, 5.74) is 3.53. The topological polar surface area (TPSA) is 75.6 Å². The number of carbonyl (C=O) groups excluding carboxylic acids is 2. The monoisotopic (exact) mass is 460 g/mol. The van der Waals surface area contributed by atoms with E-state index in [1.165, 1.54) is 23.2 Å². The van der Waals surface area contributed by atoms with Crippen LogP contribution in [0, 0.1) is 5.82 Å². The lowest BCUT2D eigenvalue weighted by Crippen LogP contribution is -2.38. The molecule has 0 N–H and O–H groups in total. The zero-order valence-corrected chi connectivity index (χ0v) is 19.0. The normalized spacial score (nSPS) is 15.4. The quantitative estimate of drug-likeness (QED) is 0.581. The molecule has 0 radical (unpaired) electrons. The molecule has 1 aromatic carbocycles. The highest BCUT2D eigenvalue weighted by Crippen LogP contribution is 2.31. The first-order chi connectivity index (χ1) is 16.5. The summed E-state index contributed by atoms with van der Waals surface area (Å²) >= 11 is 0. The molecular formula is C26H25FN4O3. The Morgan fingerprint density at radius 3 is 2.65 bits per heavy atom. The Bertz CT molecular complexity index is 1240. The lowest BCUT2D eigenvalue weighted by molar-refractivity contribution is 0.0786. The highest BCUT2D eigenvalue weighted by Gasteiger charge is 2.29. The maximum Gasteiger partial charge on any atom is 0.272 e. The van der Waals surface area contributed by atoms with Gasteiger partial charge in [-0.3, -0.25) is 19.5 Å². The molecule has 0 atom stereocenters. The number of ether oxygens (including phenoxy) is 1. The molecule has 174 valence electrons. The number of pyridine rings is 2. The van der Waals surface area contributed by atoms with Gasteiger partial charge in [0.1, 0.15) is 11.4 Å². The Kier molecular flexibility index (Phi) is 5.96. The minimum Gasteiger partial charge on any atom is -0.496 e. The Morgan fingerprint density at radius 2 is 1.94 bits per heavy atom. The number of benzene rings is 1. The number of anilines is 1. The van der Waals surface area contributed by atoms with Gasteiger partial charge in [-0.15, -0.1) is 0 Å². The highest BCUT2D eigenvalue weighted by molar-refractivity contribution is 6.08. The predicted octanol–water partition coefficient (Wildman–Crippen LogP) is 3.65. The van der Waals surface area contributed by atoms with Crippen molar-refractivity contribution in [2.75, 3.05) is 31.6 Å². The van der Waals surface area contributed by atoms with Gasteiger partial charge >= 0.3 is 0 Å². The molecule has 2 amide bonds. The molecule has 8 heteroatoms. The number of carbonyl (C=O) groups is 2. The average molecular weight is 461 g/mol. The van der Waals surface area contributed by atoms with E-state index in [9.17, 15) is 14.0 Å². The van der Waals surface area contributed by atoms with Gasteiger partial charge in [0, 0.05) is 44.0 Å². The summed E-state index contributed by atoms with van der Waals surface area (Å²) in [5, 5.41) is 0. The molecule has 2 aliphatic rings. The fourth-order valence-electron chi connectivity index (χ4n) is 4.62. The van der Waals surface area contributed by atoms with Crippen LogP contribution in [0.25, 0.3) is 0 Å². The van der Waals surface area contributed by atoms with E-state index in [1.807, 2.05) is 23.1 Å². The van der Waals surface area contributed by atoms with Gasteiger partial charge in [0.2, 0.25) is 0 Å². The zero-order valence-electron chi connectivity index (χ0n) is 19.0. The molecule has 1 saturated heterocycles. The summed E-state index contributed by atoms with van der Waals surface area (Å²) < 4.78 is 19.9. The van der Waals surface area contributed by atoms with Crippen LogP contribution in [-0.4, -0.2) is 53.4 Å². The van der Waals surface area contributed by atoms with E-state index in [1.54, 1.807) is 19.4 Å². The molecule has 2 aliphatic heterocycles. The Hall–Kier alpha value is -3.81. The second-order valence-electron chi connectivity index (χ2n) is 8.56. The first-order valence-electron chi connectivity index (χ1n) is 11.4. The van der Waals surface area contributed by atoms with Gasteiger partial charge in [-0.05, 0) is 66.3 Å². The molecule has 3 aromatic rings. The second kappa shape index (κ2) is 9.21. The number of aromatic nitrogens is 2. The number of hydrogen-bond acceptors (Lipinski definition) is 5. The SMILES string of the molecule is COc1cc2c(cc1Cc1ccc(C(=O)N3CCCC3)nc1)C(=O)N(c1ncccc1F)CC2. The lowest BCUT2D eigenvalue weighted by atomic mass is 9.93. The first kappa shape index (κ1) is 22.0. The highest BCUT2D eigenvalue weighted by atomic mass is 19.1. The van der Waals surface area contributed by atoms with Gasteiger partial charge < -0.3 is 9.64 Å². The van der Waals surface area contributed by atoms with Crippen molar-refractivity contribution >= 4 is 17.6 Å². The van der Waals surface area contributed by atoms with E-state index in [-0.39, 0.29) is 17.6 Å². The van der Waals surface area contributed by atoms with Crippen LogP contribution in [0.4, 0.5) is 10.2 Å². The van der Waals surface area contributed by atoms with Crippen LogP contribution < -0.4 is 9.64 Å². The Morgan fingerprint density at radius 1 is 1.12 bits per heavy atom. The number of amides is 2. The minimum absolute atomic E-state index is 0.0390. The number of likely N-dealkylation sites (tertiary alicyclic amines) is 1. The van der Waals surface area contributed by atoms with Crippen molar-refractivity contribution in [2.24, 2.45) is 0 Å². The van der Waals surface area contributed by atoms with E-state index in [0.29, 0.717) is 36.4 Å². The molecule has 5 rings (SSSR count). The van der Waals surface area contributed by atoms with Crippen LogP contribution in [0.3, 0.4) is 0 Å². The molecule has 0 spiro atoms. The molecule has 0 saturated carbocycles. The number of rotatable bonds is 5. The third kappa shape index (κ3) is 4.11. The summed E-state index contributed by atoms with van der Waals surface area (Å²) in [5.74, 6) is -0.128. The molecule has 1 fully saturated rings. The number of nitrogens with zero attached hydrogens (tertiary/aromatic N) is 4. The van der Waals surface area contributed by atoms with Crippen LogP contribution in [0.1, 0.15) is 50.4 Å². The average Bonchev–Trinajstić information content (AvgIpc) is 3.40. The third-order valence-corrected chi connectivity index (χ3v) is 6.41. The summed E-state index contributed by atoms with van der Waals surface area (Å²) in [6, 6.07) is 10.1. The summed E-state index contributed by atoms with van der Waals surface area (Å²) in [6.45, 7) is 1.91. The van der Waals surface area contributed by atoms with Crippen molar-refractivity contribution in [1.29, 1.82) is 0 Å². The van der Waals surface area contributed by atoms with E-state index in [2.05, 4.69) is 9.97 Å². The van der Waals surface area contributed by atoms with Crippen molar-refractivity contribution in [2.45, 2.75) is 25.7 Å². The van der Waals surface area contributed by atoms with Gasteiger partial charge in [0.25, 0.3) is 11.8 Å². The number of fused-ring (bicyclic) bond motifs is 1. The minimum atomic E-state index is -0.525. The Labute approximate surface area is 197 Å². The van der Waals surface area contributed by atoms with Crippen molar-refractivity contribution in [3.05, 3.63) is 82.6 Å². The van der Waals surface area contributed by atoms with E-state index in [4.69, 9.17) is 4.74 Å². The molecule has 34 heavy (non-hydrogen) atoms. The van der Waals surface area contributed by atoms with Gasteiger partial charge in [0.05, 0.1) is 7.11 Å². The number of halogens is 1. The van der Waals surface area contributed by atoms with Gasteiger partial charge in [-0.25, -0.2) is 9.37 Å². The van der Waals surface area contributed by atoms with Gasteiger partial charge in [-0.2, -0.15) is 0 Å².